The van der Waals surface area contributed by atoms with E-state index >= 15 is 0 Å². The third-order valence-corrected chi connectivity index (χ3v) is 3.30. The molecule has 2 aromatic rings. The van der Waals surface area contributed by atoms with Gasteiger partial charge in [0.2, 0.25) is 0 Å². The summed E-state index contributed by atoms with van der Waals surface area (Å²) in [5, 5.41) is 0. The highest BCUT2D eigenvalue weighted by Crippen LogP contribution is 2.29. The lowest BCUT2D eigenvalue weighted by molar-refractivity contribution is 0.290. The van der Waals surface area contributed by atoms with Gasteiger partial charge >= 0.3 is 0 Å². The molecule has 0 aliphatic heterocycles. The average molecular weight is 271 g/mol. The summed E-state index contributed by atoms with van der Waals surface area (Å²) in [6, 6.07) is 13.9. The van der Waals surface area contributed by atoms with Crippen LogP contribution in [-0.2, 0) is 6.61 Å². The van der Waals surface area contributed by atoms with Gasteiger partial charge in [-0.25, -0.2) is 0 Å². The van der Waals surface area contributed by atoms with E-state index in [-0.39, 0.29) is 6.04 Å². The molecule has 0 heterocycles. The van der Waals surface area contributed by atoms with E-state index in [0.29, 0.717) is 6.61 Å². The van der Waals surface area contributed by atoms with Crippen LogP contribution in [-0.4, -0.2) is 7.11 Å². The molecular formula is C17H21NO2. The van der Waals surface area contributed by atoms with Crippen molar-refractivity contribution in [1.82, 2.24) is 0 Å². The maximum Gasteiger partial charge on any atom is 0.127 e. The third-order valence-electron chi connectivity index (χ3n) is 3.30. The minimum atomic E-state index is -0.0532. The molecular weight excluding hydrogens is 250 g/mol. The largest absolute Gasteiger partial charge is 0.496 e. The molecule has 0 bridgehead atoms. The van der Waals surface area contributed by atoms with Crippen LogP contribution >= 0.6 is 0 Å². The molecule has 0 saturated carbocycles. The first kappa shape index (κ1) is 14.4. The van der Waals surface area contributed by atoms with Crippen LogP contribution < -0.4 is 15.2 Å². The molecule has 0 fully saturated rings. The van der Waals surface area contributed by atoms with Gasteiger partial charge in [-0.15, -0.1) is 0 Å². The molecule has 1 unspecified atom stereocenters. The molecule has 0 aliphatic carbocycles. The van der Waals surface area contributed by atoms with Crippen molar-refractivity contribution < 1.29 is 9.47 Å². The molecule has 0 radical (unpaired) electrons. The first-order chi connectivity index (χ1) is 9.63. The van der Waals surface area contributed by atoms with E-state index < -0.39 is 0 Å². The molecule has 0 spiro atoms. The zero-order valence-corrected chi connectivity index (χ0v) is 12.2. The van der Waals surface area contributed by atoms with Gasteiger partial charge in [-0.2, -0.15) is 0 Å². The number of para-hydroxylation sites is 2. The predicted octanol–water partition coefficient (Wildman–Crippen LogP) is 3.60. The van der Waals surface area contributed by atoms with Crippen molar-refractivity contribution in [3.63, 3.8) is 0 Å². The Labute approximate surface area is 120 Å². The number of aryl methyl sites for hydroxylation is 1. The average Bonchev–Trinajstić information content (AvgIpc) is 2.46. The molecule has 2 rings (SSSR count). The molecule has 2 N–H and O–H groups in total. The molecule has 0 amide bonds. The Hall–Kier alpha value is -2.00. The minimum absolute atomic E-state index is 0.0532. The van der Waals surface area contributed by atoms with Gasteiger partial charge in [0.15, 0.2) is 0 Å². The molecule has 0 aromatic heterocycles. The van der Waals surface area contributed by atoms with Crippen LogP contribution in [0.1, 0.15) is 29.7 Å². The number of hydrogen-bond acceptors (Lipinski definition) is 3. The van der Waals surface area contributed by atoms with Crippen molar-refractivity contribution in [2.45, 2.75) is 26.5 Å². The number of benzene rings is 2. The standard InChI is InChI=1S/C17H21NO2/c1-12-7-6-9-15(13(2)18)17(12)20-11-14-8-4-5-10-16(14)19-3/h4-10,13H,11,18H2,1-3H3. The molecule has 3 nitrogen and oxygen atoms in total. The van der Waals surface area contributed by atoms with Gasteiger partial charge < -0.3 is 15.2 Å². The van der Waals surface area contributed by atoms with E-state index in [9.17, 15) is 0 Å². The fraction of sp³-hybridized carbons (Fsp3) is 0.294. The Bertz CT molecular complexity index is 579. The quantitative estimate of drug-likeness (QED) is 0.903. The first-order valence-corrected chi connectivity index (χ1v) is 6.73. The Morgan fingerprint density at radius 3 is 2.55 bits per heavy atom. The minimum Gasteiger partial charge on any atom is -0.496 e. The lowest BCUT2D eigenvalue weighted by Crippen LogP contribution is -2.09. The highest BCUT2D eigenvalue weighted by atomic mass is 16.5. The normalized spacial score (nSPS) is 12.0. The van der Waals surface area contributed by atoms with Crippen LogP contribution in [0.5, 0.6) is 11.5 Å². The fourth-order valence-corrected chi connectivity index (χ4v) is 2.20. The maximum atomic E-state index is 6.00. The summed E-state index contributed by atoms with van der Waals surface area (Å²) in [5.41, 5.74) is 9.15. The number of ether oxygens (including phenoxy) is 2. The number of rotatable bonds is 5. The SMILES string of the molecule is COc1ccccc1COc1c(C)cccc1C(C)N. The second kappa shape index (κ2) is 6.44. The number of nitrogens with two attached hydrogens (primary N) is 1. The van der Waals surface area contributed by atoms with E-state index in [1.807, 2.05) is 56.3 Å². The van der Waals surface area contributed by atoms with Gasteiger partial charge in [0.25, 0.3) is 0 Å². The lowest BCUT2D eigenvalue weighted by atomic mass is 10.0. The second-order valence-corrected chi connectivity index (χ2v) is 4.88. The molecule has 1 atom stereocenters. The zero-order chi connectivity index (χ0) is 14.5. The van der Waals surface area contributed by atoms with E-state index in [2.05, 4.69) is 0 Å². The van der Waals surface area contributed by atoms with Crippen LogP contribution in [0.2, 0.25) is 0 Å². The molecule has 3 heteroatoms. The third kappa shape index (κ3) is 3.11. The van der Waals surface area contributed by atoms with Crippen LogP contribution in [0.3, 0.4) is 0 Å². The van der Waals surface area contributed by atoms with Crippen LogP contribution in [0, 0.1) is 6.92 Å². The first-order valence-electron chi connectivity index (χ1n) is 6.73. The number of methoxy groups -OCH3 is 1. The van der Waals surface area contributed by atoms with Crippen molar-refractivity contribution in [1.29, 1.82) is 0 Å². The van der Waals surface area contributed by atoms with Crippen LogP contribution in [0.4, 0.5) is 0 Å². The van der Waals surface area contributed by atoms with Gasteiger partial charge in [0, 0.05) is 17.2 Å². The summed E-state index contributed by atoms with van der Waals surface area (Å²) in [5.74, 6) is 1.71. The predicted molar refractivity (Wildman–Crippen MR) is 81.1 cm³/mol. The Morgan fingerprint density at radius 2 is 1.85 bits per heavy atom. The van der Waals surface area contributed by atoms with Crippen molar-refractivity contribution in [3.05, 3.63) is 59.2 Å². The second-order valence-electron chi connectivity index (χ2n) is 4.88. The van der Waals surface area contributed by atoms with E-state index in [1.54, 1.807) is 7.11 Å². The smallest absolute Gasteiger partial charge is 0.127 e. The summed E-state index contributed by atoms with van der Waals surface area (Å²) < 4.78 is 11.3. The van der Waals surface area contributed by atoms with Gasteiger partial charge in [0.1, 0.15) is 18.1 Å². The number of hydrogen-bond donors (Lipinski definition) is 1. The molecule has 106 valence electrons. The summed E-state index contributed by atoms with van der Waals surface area (Å²) in [6.45, 7) is 4.46. The maximum absolute atomic E-state index is 6.00. The van der Waals surface area contributed by atoms with Gasteiger partial charge in [0.05, 0.1) is 7.11 Å². The van der Waals surface area contributed by atoms with Crippen molar-refractivity contribution >= 4 is 0 Å². The summed E-state index contributed by atoms with van der Waals surface area (Å²) in [6.07, 6.45) is 0. The molecule has 20 heavy (non-hydrogen) atoms. The Kier molecular flexibility index (Phi) is 4.64. The van der Waals surface area contributed by atoms with Crippen molar-refractivity contribution in [3.8, 4) is 11.5 Å². The summed E-state index contributed by atoms with van der Waals surface area (Å²) in [7, 11) is 1.67. The lowest BCUT2D eigenvalue weighted by Gasteiger charge is -2.17. The van der Waals surface area contributed by atoms with Gasteiger partial charge in [-0.1, -0.05) is 36.4 Å². The highest BCUT2D eigenvalue weighted by Gasteiger charge is 2.11. The zero-order valence-electron chi connectivity index (χ0n) is 12.2. The fourth-order valence-electron chi connectivity index (χ4n) is 2.20. The Balaban J connectivity index is 2.23. The summed E-state index contributed by atoms with van der Waals surface area (Å²) in [4.78, 5) is 0. The van der Waals surface area contributed by atoms with Crippen LogP contribution in [0.25, 0.3) is 0 Å². The van der Waals surface area contributed by atoms with Gasteiger partial charge in [-0.05, 0) is 25.5 Å². The van der Waals surface area contributed by atoms with Crippen molar-refractivity contribution in [2.24, 2.45) is 5.73 Å². The van der Waals surface area contributed by atoms with E-state index in [4.69, 9.17) is 15.2 Å². The molecule has 0 aliphatic rings. The summed E-state index contributed by atoms with van der Waals surface area (Å²) >= 11 is 0. The highest BCUT2D eigenvalue weighted by molar-refractivity contribution is 5.43. The Morgan fingerprint density at radius 1 is 1.10 bits per heavy atom. The van der Waals surface area contributed by atoms with E-state index in [1.165, 1.54) is 0 Å². The van der Waals surface area contributed by atoms with E-state index in [0.717, 1.165) is 28.2 Å². The van der Waals surface area contributed by atoms with Crippen LogP contribution in [0.15, 0.2) is 42.5 Å². The molecule has 0 saturated heterocycles. The van der Waals surface area contributed by atoms with Gasteiger partial charge in [-0.3, -0.25) is 0 Å². The monoisotopic (exact) mass is 271 g/mol. The topological polar surface area (TPSA) is 44.5 Å². The molecule has 2 aromatic carbocycles. The van der Waals surface area contributed by atoms with Crippen molar-refractivity contribution in [2.75, 3.05) is 7.11 Å².